The Bertz CT molecular complexity index is 320. The summed E-state index contributed by atoms with van der Waals surface area (Å²) in [6, 6.07) is -0.951. The molecular weight excluding hydrogens is 232 g/mol. The van der Waals surface area contributed by atoms with Gasteiger partial charge in [0.1, 0.15) is 6.04 Å². The summed E-state index contributed by atoms with van der Waals surface area (Å²) in [5, 5.41) is 11.7. The Morgan fingerprint density at radius 1 is 1.33 bits per heavy atom. The third-order valence-electron chi connectivity index (χ3n) is 4.19. The van der Waals surface area contributed by atoms with Crippen LogP contribution in [-0.4, -0.2) is 41.1 Å². The number of urea groups is 1. The van der Waals surface area contributed by atoms with Crippen LogP contribution < -0.4 is 5.32 Å². The van der Waals surface area contributed by atoms with Gasteiger partial charge < -0.3 is 15.3 Å². The first kappa shape index (κ1) is 13.2. The summed E-state index contributed by atoms with van der Waals surface area (Å²) in [5.41, 5.74) is 0. The lowest BCUT2D eigenvalue weighted by molar-refractivity contribution is -0.139. The average Bonchev–Trinajstić information content (AvgIpc) is 2.87. The summed E-state index contributed by atoms with van der Waals surface area (Å²) in [5.74, 6) is 0.347. The van der Waals surface area contributed by atoms with Crippen LogP contribution in [0, 0.1) is 11.8 Å². The van der Waals surface area contributed by atoms with Crippen LogP contribution in [0.5, 0.6) is 0 Å². The standard InChI is InChI=1S/C13H22N2O3/c1-2-4-11(12(16)17)14-13(18)15-7-9-5-3-6-10(9)8-15/h9-11H,2-8H2,1H3,(H,14,18)(H,16,17)/t9?,10?,11-/m1/s1. The molecule has 2 amide bonds. The van der Waals surface area contributed by atoms with Gasteiger partial charge in [0, 0.05) is 13.1 Å². The zero-order chi connectivity index (χ0) is 13.1. The van der Waals surface area contributed by atoms with E-state index < -0.39 is 12.0 Å². The molecule has 102 valence electrons. The van der Waals surface area contributed by atoms with E-state index in [-0.39, 0.29) is 6.03 Å². The number of aliphatic carboxylic acids is 1. The Kier molecular flexibility index (Phi) is 4.09. The van der Waals surface area contributed by atoms with Gasteiger partial charge in [0.25, 0.3) is 0 Å². The minimum Gasteiger partial charge on any atom is -0.480 e. The third-order valence-corrected chi connectivity index (χ3v) is 4.19. The average molecular weight is 254 g/mol. The molecule has 18 heavy (non-hydrogen) atoms. The number of hydrogen-bond acceptors (Lipinski definition) is 2. The lowest BCUT2D eigenvalue weighted by atomic mass is 10.0. The van der Waals surface area contributed by atoms with Crippen molar-refractivity contribution in [2.75, 3.05) is 13.1 Å². The molecule has 1 saturated heterocycles. The highest BCUT2D eigenvalue weighted by atomic mass is 16.4. The number of nitrogens with one attached hydrogen (secondary N) is 1. The number of likely N-dealkylation sites (tertiary alicyclic amines) is 1. The van der Waals surface area contributed by atoms with Gasteiger partial charge in [0.2, 0.25) is 0 Å². The van der Waals surface area contributed by atoms with Crippen LogP contribution in [0.4, 0.5) is 4.79 Å². The van der Waals surface area contributed by atoms with Gasteiger partial charge in [-0.1, -0.05) is 19.8 Å². The van der Waals surface area contributed by atoms with Crippen LogP contribution in [0.1, 0.15) is 39.0 Å². The number of rotatable bonds is 4. The predicted molar refractivity (Wildman–Crippen MR) is 67.3 cm³/mol. The molecule has 0 aromatic rings. The number of carbonyl (C=O) groups is 2. The molecule has 1 saturated carbocycles. The summed E-state index contributed by atoms with van der Waals surface area (Å²) >= 11 is 0. The van der Waals surface area contributed by atoms with E-state index in [2.05, 4.69) is 5.32 Å². The summed E-state index contributed by atoms with van der Waals surface area (Å²) in [7, 11) is 0. The van der Waals surface area contributed by atoms with Gasteiger partial charge in [-0.15, -0.1) is 0 Å². The van der Waals surface area contributed by atoms with Gasteiger partial charge in [-0.25, -0.2) is 9.59 Å². The van der Waals surface area contributed by atoms with E-state index >= 15 is 0 Å². The molecule has 5 heteroatoms. The van der Waals surface area contributed by atoms with Crippen molar-refractivity contribution < 1.29 is 14.7 Å². The number of carboxylic acids is 1. The van der Waals surface area contributed by atoms with Gasteiger partial charge in [-0.05, 0) is 31.1 Å². The predicted octanol–water partition coefficient (Wildman–Crippen LogP) is 1.68. The van der Waals surface area contributed by atoms with Crippen molar-refractivity contribution in [1.29, 1.82) is 0 Å². The molecule has 0 aromatic heterocycles. The smallest absolute Gasteiger partial charge is 0.326 e. The minimum atomic E-state index is -0.940. The van der Waals surface area contributed by atoms with E-state index in [0.717, 1.165) is 19.5 Å². The molecule has 2 N–H and O–H groups in total. The molecule has 2 aliphatic rings. The van der Waals surface area contributed by atoms with Crippen LogP contribution in [0.25, 0.3) is 0 Å². The second-order valence-electron chi connectivity index (χ2n) is 5.49. The summed E-state index contributed by atoms with van der Waals surface area (Å²) in [4.78, 5) is 24.8. The summed E-state index contributed by atoms with van der Waals surface area (Å²) < 4.78 is 0. The maximum atomic E-state index is 12.0. The molecule has 0 bridgehead atoms. The van der Waals surface area contributed by atoms with Crippen molar-refractivity contribution in [2.45, 2.75) is 45.1 Å². The molecule has 0 radical (unpaired) electrons. The zero-order valence-electron chi connectivity index (χ0n) is 10.9. The van der Waals surface area contributed by atoms with Gasteiger partial charge in [0.05, 0.1) is 0 Å². The van der Waals surface area contributed by atoms with Crippen molar-refractivity contribution in [3.05, 3.63) is 0 Å². The fraction of sp³-hybridized carbons (Fsp3) is 0.846. The summed E-state index contributed by atoms with van der Waals surface area (Å²) in [6.45, 7) is 3.52. The Hall–Kier alpha value is -1.26. The monoisotopic (exact) mass is 254 g/mol. The molecule has 5 nitrogen and oxygen atoms in total. The molecule has 1 aliphatic carbocycles. The molecule has 2 rings (SSSR count). The van der Waals surface area contributed by atoms with E-state index in [4.69, 9.17) is 5.11 Å². The van der Waals surface area contributed by atoms with Gasteiger partial charge in [0.15, 0.2) is 0 Å². The van der Waals surface area contributed by atoms with E-state index in [9.17, 15) is 9.59 Å². The van der Waals surface area contributed by atoms with Crippen LogP contribution in [0.15, 0.2) is 0 Å². The lowest BCUT2D eigenvalue weighted by Gasteiger charge is -2.21. The molecule has 0 spiro atoms. The van der Waals surface area contributed by atoms with Gasteiger partial charge in [-0.3, -0.25) is 0 Å². The minimum absolute atomic E-state index is 0.203. The lowest BCUT2D eigenvalue weighted by Crippen LogP contribution is -2.47. The Morgan fingerprint density at radius 3 is 2.44 bits per heavy atom. The molecular formula is C13H22N2O3. The Balaban J connectivity index is 1.86. The van der Waals surface area contributed by atoms with Crippen molar-refractivity contribution in [1.82, 2.24) is 10.2 Å². The highest BCUT2D eigenvalue weighted by Gasteiger charge is 2.38. The van der Waals surface area contributed by atoms with Crippen molar-refractivity contribution in [3.8, 4) is 0 Å². The zero-order valence-corrected chi connectivity index (χ0v) is 10.9. The highest BCUT2D eigenvalue weighted by molar-refractivity contribution is 5.82. The Morgan fingerprint density at radius 2 is 1.94 bits per heavy atom. The second kappa shape index (κ2) is 5.59. The van der Waals surface area contributed by atoms with Gasteiger partial charge >= 0.3 is 12.0 Å². The first-order valence-electron chi connectivity index (χ1n) is 6.90. The van der Waals surface area contributed by atoms with Crippen molar-refractivity contribution >= 4 is 12.0 Å². The Labute approximate surface area is 108 Å². The molecule has 3 atom stereocenters. The third kappa shape index (κ3) is 2.76. The van der Waals surface area contributed by atoms with E-state index in [1.165, 1.54) is 19.3 Å². The number of nitrogens with zero attached hydrogens (tertiary/aromatic N) is 1. The maximum absolute atomic E-state index is 12.0. The largest absolute Gasteiger partial charge is 0.480 e. The maximum Gasteiger partial charge on any atom is 0.326 e. The quantitative estimate of drug-likeness (QED) is 0.802. The highest BCUT2D eigenvalue weighted by Crippen LogP contribution is 2.37. The topological polar surface area (TPSA) is 69.6 Å². The number of carbonyl (C=O) groups excluding carboxylic acids is 1. The number of amides is 2. The molecule has 1 aliphatic heterocycles. The van der Waals surface area contributed by atoms with E-state index in [1.54, 1.807) is 4.90 Å². The molecule has 2 unspecified atom stereocenters. The van der Waals surface area contributed by atoms with Crippen LogP contribution in [-0.2, 0) is 4.79 Å². The second-order valence-corrected chi connectivity index (χ2v) is 5.49. The van der Waals surface area contributed by atoms with E-state index in [0.29, 0.717) is 18.3 Å². The van der Waals surface area contributed by atoms with Crippen LogP contribution >= 0.6 is 0 Å². The van der Waals surface area contributed by atoms with Gasteiger partial charge in [-0.2, -0.15) is 0 Å². The van der Waals surface area contributed by atoms with E-state index in [1.807, 2.05) is 6.92 Å². The SMILES string of the molecule is CCC[C@@H](NC(=O)N1CC2CCCC2C1)C(=O)O. The summed E-state index contributed by atoms with van der Waals surface area (Å²) in [6.07, 6.45) is 4.94. The van der Waals surface area contributed by atoms with Crippen LogP contribution in [0.2, 0.25) is 0 Å². The number of hydrogen-bond donors (Lipinski definition) is 2. The molecule has 1 heterocycles. The van der Waals surface area contributed by atoms with Crippen molar-refractivity contribution in [3.63, 3.8) is 0 Å². The number of fused-ring (bicyclic) bond motifs is 1. The molecule has 0 aromatic carbocycles. The number of carboxylic acid groups (broad SMARTS) is 1. The first-order chi connectivity index (χ1) is 8.61. The fourth-order valence-corrected chi connectivity index (χ4v) is 3.19. The molecule has 2 fully saturated rings. The van der Waals surface area contributed by atoms with Crippen LogP contribution in [0.3, 0.4) is 0 Å². The van der Waals surface area contributed by atoms with Crippen molar-refractivity contribution in [2.24, 2.45) is 11.8 Å². The first-order valence-corrected chi connectivity index (χ1v) is 6.90. The fourth-order valence-electron chi connectivity index (χ4n) is 3.19. The normalized spacial score (nSPS) is 27.9.